The lowest BCUT2D eigenvalue weighted by atomic mass is 10.9. The molecule has 0 aliphatic heterocycles. The Morgan fingerprint density at radius 1 is 1.89 bits per heavy atom. The van der Waals surface area contributed by atoms with Crippen LogP contribution in [0.3, 0.4) is 0 Å². The van der Waals surface area contributed by atoms with Gasteiger partial charge in [-0.2, -0.15) is 0 Å². The third-order valence-electron chi connectivity index (χ3n) is 0.531. The van der Waals surface area contributed by atoms with Crippen molar-refractivity contribution >= 4 is 34.6 Å². The van der Waals surface area contributed by atoms with E-state index in [1.165, 1.54) is 11.8 Å². The first kappa shape index (κ1) is 8.91. The Hall–Kier alpha value is -0.0900. The molecule has 0 amide bonds. The highest BCUT2D eigenvalue weighted by molar-refractivity contribution is 8.22. The van der Waals surface area contributed by atoms with Crippen molar-refractivity contribution in [1.82, 2.24) is 0 Å². The van der Waals surface area contributed by atoms with Crippen molar-refractivity contribution in [3.8, 4) is 0 Å². The molecule has 0 aliphatic rings. The first-order chi connectivity index (χ1) is 4.31. The van der Waals surface area contributed by atoms with Crippen molar-refractivity contribution in [2.45, 2.75) is 6.92 Å². The van der Waals surface area contributed by atoms with Crippen LogP contribution in [0, 0.1) is 0 Å². The number of thioether (sulfide) groups is 1. The van der Waals surface area contributed by atoms with Crippen molar-refractivity contribution in [3.63, 3.8) is 0 Å². The average Bonchev–Trinajstić information content (AvgIpc) is 1.85. The largest absolute Gasteiger partial charge is 0.479 e. The summed E-state index contributed by atoms with van der Waals surface area (Å²) in [4.78, 5) is 9.78. The van der Waals surface area contributed by atoms with Crippen LogP contribution in [0.4, 0.5) is 0 Å². The normalized spacial score (nSPS) is 8.56. The molecule has 0 fully saturated rings. The molecule has 0 aromatic rings. The second-order valence-electron chi connectivity index (χ2n) is 1.16. The summed E-state index contributed by atoms with van der Waals surface area (Å²) >= 11 is 5.94. The van der Waals surface area contributed by atoms with Crippen molar-refractivity contribution in [1.29, 1.82) is 0 Å². The number of aldehydes is 1. The van der Waals surface area contributed by atoms with E-state index in [2.05, 4.69) is 0 Å². The fourth-order valence-corrected chi connectivity index (χ4v) is 0.989. The standard InChI is InChI=1S/C5H8O2S2/c1-2-7-5(8)9-4-3-6/h3H,2,4H2,1H3. The summed E-state index contributed by atoms with van der Waals surface area (Å²) in [5, 5.41) is 0. The first-order valence-electron chi connectivity index (χ1n) is 2.54. The maximum Gasteiger partial charge on any atom is 0.220 e. The molecular formula is C5H8O2S2. The molecule has 0 rings (SSSR count). The molecular weight excluding hydrogens is 156 g/mol. The van der Waals surface area contributed by atoms with Crippen LogP contribution in [-0.4, -0.2) is 23.0 Å². The molecule has 0 aromatic carbocycles. The van der Waals surface area contributed by atoms with Crippen LogP contribution in [0.15, 0.2) is 0 Å². The van der Waals surface area contributed by atoms with Gasteiger partial charge in [-0.1, -0.05) is 11.8 Å². The van der Waals surface area contributed by atoms with Gasteiger partial charge >= 0.3 is 0 Å². The van der Waals surface area contributed by atoms with Crippen LogP contribution in [0.1, 0.15) is 6.92 Å². The maximum absolute atomic E-state index is 9.78. The van der Waals surface area contributed by atoms with Crippen molar-refractivity contribution in [2.75, 3.05) is 12.4 Å². The molecule has 0 unspecified atom stereocenters. The lowest BCUT2D eigenvalue weighted by Crippen LogP contribution is -1.96. The third-order valence-corrected chi connectivity index (χ3v) is 1.66. The lowest BCUT2D eigenvalue weighted by molar-refractivity contribution is -0.105. The van der Waals surface area contributed by atoms with E-state index in [9.17, 15) is 4.79 Å². The smallest absolute Gasteiger partial charge is 0.220 e. The van der Waals surface area contributed by atoms with Crippen molar-refractivity contribution in [2.24, 2.45) is 0 Å². The van der Waals surface area contributed by atoms with Crippen LogP contribution in [0.2, 0.25) is 0 Å². The van der Waals surface area contributed by atoms with Crippen LogP contribution in [0.25, 0.3) is 0 Å². The van der Waals surface area contributed by atoms with Gasteiger partial charge < -0.3 is 9.53 Å². The molecule has 2 nitrogen and oxygen atoms in total. The zero-order valence-corrected chi connectivity index (χ0v) is 6.76. The molecule has 0 saturated heterocycles. The fraction of sp³-hybridized carbons (Fsp3) is 0.600. The van der Waals surface area contributed by atoms with Crippen molar-refractivity contribution < 1.29 is 9.53 Å². The van der Waals surface area contributed by atoms with E-state index in [4.69, 9.17) is 17.0 Å². The highest BCUT2D eigenvalue weighted by Gasteiger charge is 1.93. The van der Waals surface area contributed by atoms with Gasteiger partial charge in [-0.3, -0.25) is 0 Å². The summed E-state index contributed by atoms with van der Waals surface area (Å²) in [6, 6.07) is 0. The molecule has 0 spiro atoms. The number of rotatable bonds is 3. The second-order valence-corrected chi connectivity index (χ2v) is 2.78. The van der Waals surface area contributed by atoms with E-state index in [-0.39, 0.29) is 0 Å². The minimum Gasteiger partial charge on any atom is -0.479 e. The quantitative estimate of drug-likeness (QED) is 0.463. The number of ether oxygens (including phenoxy) is 1. The van der Waals surface area contributed by atoms with E-state index in [1.54, 1.807) is 0 Å². The number of hydrogen-bond acceptors (Lipinski definition) is 4. The number of thiocarbonyl (C=S) groups is 1. The van der Waals surface area contributed by atoms with Gasteiger partial charge in [0.05, 0.1) is 12.4 Å². The van der Waals surface area contributed by atoms with Gasteiger partial charge in [0.2, 0.25) is 4.38 Å². The topological polar surface area (TPSA) is 26.3 Å². The summed E-state index contributed by atoms with van der Waals surface area (Å²) < 4.78 is 5.33. The van der Waals surface area contributed by atoms with Gasteiger partial charge in [0.15, 0.2) is 0 Å². The Bertz CT molecular complexity index is 103. The lowest BCUT2D eigenvalue weighted by Gasteiger charge is -1.99. The predicted octanol–water partition coefficient (Wildman–Crippen LogP) is 1.24. The molecule has 0 aliphatic carbocycles. The zero-order chi connectivity index (χ0) is 7.11. The van der Waals surface area contributed by atoms with Crippen LogP contribution in [0.5, 0.6) is 0 Å². The van der Waals surface area contributed by atoms with Gasteiger partial charge in [-0.15, -0.1) is 0 Å². The van der Waals surface area contributed by atoms with E-state index in [1.807, 2.05) is 6.92 Å². The van der Waals surface area contributed by atoms with E-state index >= 15 is 0 Å². The Morgan fingerprint density at radius 3 is 3.00 bits per heavy atom. The number of carbonyl (C=O) groups is 1. The molecule has 0 bridgehead atoms. The van der Waals surface area contributed by atoms with Crippen LogP contribution < -0.4 is 0 Å². The summed E-state index contributed by atoms with van der Waals surface area (Å²) in [5.74, 6) is 0.388. The van der Waals surface area contributed by atoms with Gasteiger partial charge in [0.1, 0.15) is 6.29 Å². The molecule has 0 aromatic heterocycles. The molecule has 4 heteroatoms. The molecule has 9 heavy (non-hydrogen) atoms. The molecule has 52 valence electrons. The van der Waals surface area contributed by atoms with Crippen LogP contribution in [-0.2, 0) is 9.53 Å². The van der Waals surface area contributed by atoms with Gasteiger partial charge in [-0.25, -0.2) is 0 Å². The minimum absolute atomic E-state index is 0.388. The fourth-order valence-electron chi connectivity index (χ4n) is 0.262. The summed E-state index contributed by atoms with van der Waals surface area (Å²) in [6.45, 7) is 2.43. The SMILES string of the molecule is CCOC(=S)SCC=O. The Labute approximate surface area is 64.0 Å². The average molecular weight is 164 g/mol. The second kappa shape index (κ2) is 6.04. The minimum atomic E-state index is 0.388. The molecule has 0 saturated carbocycles. The first-order valence-corrected chi connectivity index (χ1v) is 3.93. The monoisotopic (exact) mass is 164 g/mol. The summed E-state index contributed by atoms with van der Waals surface area (Å²) in [6.07, 6.45) is 0.802. The molecule has 0 heterocycles. The van der Waals surface area contributed by atoms with E-state index in [0.29, 0.717) is 16.7 Å². The van der Waals surface area contributed by atoms with E-state index in [0.717, 1.165) is 6.29 Å². The number of hydrogen-bond donors (Lipinski definition) is 0. The van der Waals surface area contributed by atoms with Gasteiger partial charge in [0, 0.05) is 0 Å². The Balaban J connectivity index is 3.16. The third kappa shape index (κ3) is 5.79. The Kier molecular flexibility index (Phi) is 5.98. The number of carbonyl (C=O) groups excluding carboxylic acids is 1. The molecule has 0 radical (unpaired) electrons. The maximum atomic E-state index is 9.78. The van der Waals surface area contributed by atoms with Crippen molar-refractivity contribution in [3.05, 3.63) is 0 Å². The predicted molar refractivity (Wildman–Crippen MR) is 42.7 cm³/mol. The van der Waals surface area contributed by atoms with Gasteiger partial charge in [-0.05, 0) is 19.1 Å². The summed E-state index contributed by atoms with van der Waals surface area (Å²) in [5.41, 5.74) is 0. The highest BCUT2D eigenvalue weighted by Crippen LogP contribution is 2.02. The Morgan fingerprint density at radius 2 is 2.56 bits per heavy atom. The zero-order valence-electron chi connectivity index (χ0n) is 5.12. The van der Waals surface area contributed by atoms with Crippen LogP contribution >= 0.6 is 24.0 Å². The molecule has 0 atom stereocenters. The van der Waals surface area contributed by atoms with E-state index < -0.39 is 0 Å². The molecule has 0 N–H and O–H groups in total. The summed E-state index contributed by atoms with van der Waals surface area (Å²) in [7, 11) is 0. The highest BCUT2D eigenvalue weighted by atomic mass is 32.2. The van der Waals surface area contributed by atoms with Gasteiger partial charge in [0.25, 0.3) is 0 Å².